The second kappa shape index (κ2) is 4.86. The minimum absolute atomic E-state index is 0. The molecule has 1 aliphatic rings. The Hall–Kier alpha value is -0.0400. The second-order valence-electron chi connectivity index (χ2n) is 4.39. The van der Waals surface area contributed by atoms with E-state index >= 15 is 0 Å². The number of hydrogen-bond acceptors (Lipinski definition) is 1. The maximum Gasteiger partial charge on any atom is 0.0573 e. The molecule has 0 aromatic rings. The van der Waals surface area contributed by atoms with E-state index in [0.29, 0.717) is 11.8 Å². The molecule has 0 bridgehead atoms. The van der Waals surface area contributed by atoms with Gasteiger partial charge in [-0.05, 0) is 30.6 Å². The molecular formula is C11H24O. The molecule has 1 saturated carbocycles. The Balaban J connectivity index is 0.00000121. The summed E-state index contributed by atoms with van der Waals surface area (Å²) in [6, 6.07) is 0. The van der Waals surface area contributed by atoms with E-state index in [1.165, 1.54) is 12.8 Å². The molecule has 1 aliphatic carbocycles. The minimum atomic E-state index is -0.0289. The summed E-state index contributed by atoms with van der Waals surface area (Å²) in [5.41, 5.74) is 0. The van der Waals surface area contributed by atoms with Gasteiger partial charge in [0, 0.05) is 0 Å². The lowest BCUT2D eigenvalue weighted by Gasteiger charge is -2.33. The van der Waals surface area contributed by atoms with Crippen LogP contribution < -0.4 is 0 Å². The van der Waals surface area contributed by atoms with Crippen molar-refractivity contribution in [1.82, 2.24) is 0 Å². The van der Waals surface area contributed by atoms with Crippen molar-refractivity contribution in [1.29, 1.82) is 0 Å². The minimum Gasteiger partial charge on any atom is -0.393 e. The third-order valence-corrected chi connectivity index (χ3v) is 2.99. The lowest BCUT2D eigenvalue weighted by atomic mass is 9.75. The number of aliphatic hydroxyl groups is 1. The van der Waals surface area contributed by atoms with Gasteiger partial charge >= 0.3 is 0 Å². The first kappa shape index (κ1) is 12.0. The largest absolute Gasteiger partial charge is 0.393 e. The third-order valence-electron chi connectivity index (χ3n) is 2.99. The first-order valence-electron chi connectivity index (χ1n) is 4.79. The van der Waals surface area contributed by atoms with Crippen molar-refractivity contribution in [3.8, 4) is 0 Å². The number of rotatable bonds is 1. The summed E-state index contributed by atoms with van der Waals surface area (Å²) in [6.07, 6.45) is 3.52. The van der Waals surface area contributed by atoms with Crippen LogP contribution >= 0.6 is 0 Å². The van der Waals surface area contributed by atoms with E-state index in [0.717, 1.165) is 12.3 Å². The lowest BCUT2D eigenvalue weighted by molar-refractivity contribution is 0.0266. The Labute approximate surface area is 77.2 Å². The van der Waals surface area contributed by atoms with Gasteiger partial charge in [0.1, 0.15) is 0 Å². The predicted octanol–water partition coefficient (Wildman–Crippen LogP) is 3.08. The van der Waals surface area contributed by atoms with Gasteiger partial charge < -0.3 is 5.11 Å². The molecule has 74 valence electrons. The Bertz CT molecular complexity index is 120. The van der Waals surface area contributed by atoms with Crippen LogP contribution in [0.5, 0.6) is 0 Å². The predicted molar refractivity (Wildman–Crippen MR) is 54.1 cm³/mol. The Morgan fingerprint density at radius 3 is 2.25 bits per heavy atom. The quantitative estimate of drug-likeness (QED) is 0.644. The second-order valence-corrected chi connectivity index (χ2v) is 4.39. The molecule has 0 aliphatic heterocycles. The fourth-order valence-corrected chi connectivity index (χ4v) is 2.15. The van der Waals surface area contributed by atoms with Crippen LogP contribution in [0.4, 0.5) is 0 Å². The van der Waals surface area contributed by atoms with Crippen LogP contribution in [0.15, 0.2) is 0 Å². The summed E-state index contributed by atoms with van der Waals surface area (Å²) in [6.45, 7) is 6.66. The van der Waals surface area contributed by atoms with Crippen LogP contribution in [-0.2, 0) is 0 Å². The molecule has 0 spiro atoms. The molecule has 1 heteroatoms. The lowest BCUT2D eigenvalue weighted by Crippen LogP contribution is -2.31. The Morgan fingerprint density at radius 2 is 1.83 bits per heavy atom. The summed E-state index contributed by atoms with van der Waals surface area (Å²) in [7, 11) is 0. The van der Waals surface area contributed by atoms with Crippen molar-refractivity contribution >= 4 is 0 Å². The zero-order valence-electron chi connectivity index (χ0n) is 7.88. The summed E-state index contributed by atoms with van der Waals surface area (Å²) in [5, 5.41) is 9.71. The third kappa shape index (κ3) is 2.78. The van der Waals surface area contributed by atoms with Gasteiger partial charge in [0.15, 0.2) is 0 Å². The molecule has 0 heterocycles. The van der Waals surface area contributed by atoms with Crippen LogP contribution in [0, 0.1) is 17.8 Å². The molecule has 0 aromatic carbocycles. The zero-order valence-corrected chi connectivity index (χ0v) is 7.88. The van der Waals surface area contributed by atoms with E-state index < -0.39 is 0 Å². The molecule has 3 atom stereocenters. The summed E-state index contributed by atoms with van der Waals surface area (Å²) in [4.78, 5) is 0. The van der Waals surface area contributed by atoms with Gasteiger partial charge in [0.05, 0.1) is 6.10 Å². The first-order chi connectivity index (χ1) is 5.11. The summed E-state index contributed by atoms with van der Waals surface area (Å²) < 4.78 is 0. The van der Waals surface area contributed by atoms with Crippen molar-refractivity contribution in [2.75, 3.05) is 0 Å². The van der Waals surface area contributed by atoms with Crippen molar-refractivity contribution < 1.29 is 5.11 Å². The molecule has 0 radical (unpaired) electrons. The molecule has 1 N–H and O–H groups in total. The summed E-state index contributed by atoms with van der Waals surface area (Å²) in [5.74, 6) is 1.95. The van der Waals surface area contributed by atoms with Crippen LogP contribution in [0.2, 0.25) is 0 Å². The van der Waals surface area contributed by atoms with Crippen molar-refractivity contribution in [3.63, 3.8) is 0 Å². The zero-order chi connectivity index (χ0) is 8.43. The van der Waals surface area contributed by atoms with Gasteiger partial charge in [-0.25, -0.2) is 0 Å². The summed E-state index contributed by atoms with van der Waals surface area (Å²) >= 11 is 0. The van der Waals surface area contributed by atoms with E-state index in [1.807, 2.05) is 0 Å². The van der Waals surface area contributed by atoms with E-state index in [2.05, 4.69) is 20.8 Å². The maximum atomic E-state index is 9.71. The highest BCUT2D eigenvalue weighted by Gasteiger charge is 2.28. The van der Waals surface area contributed by atoms with E-state index in [9.17, 15) is 5.11 Å². The van der Waals surface area contributed by atoms with Crippen LogP contribution in [0.3, 0.4) is 0 Å². The molecule has 0 amide bonds. The van der Waals surface area contributed by atoms with Crippen molar-refractivity contribution in [2.24, 2.45) is 17.8 Å². The molecule has 1 fully saturated rings. The molecular weight excluding hydrogens is 148 g/mol. The Morgan fingerprint density at radius 1 is 1.25 bits per heavy atom. The average Bonchev–Trinajstić information content (AvgIpc) is 1.85. The Kier molecular flexibility index (Phi) is 4.84. The SMILES string of the molecule is C.CC(C)[C@@H]1CC[C@H](C)C[C@H]1O. The monoisotopic (exact) mass is 172 g/mol. The fraction of sp³-hybridized carbons (Fsp3) is 1.00. The van der Waals surface area contributed by atoms with Gasteiger partial charge in [-0.3, -0.25) is 0 Å². The highest BCUT2D eigenvalue weighted by molar-refractivity contribution is 4.79. The van der Waals surface area contributed by atoms with E-state index in [4.69, 9.17) is 0 Å². The van der Waals surface area contributed by atoms with Gasteiger partial charge in [0.25, 0.3) is 0 Å². The first-order valence-corrected chi connectivity index (χ1v) is 4.79. The fourth-order valence-electron chi connectivity index (χ4n) is 2.15. The molecule has 1 nitrogen and oxygen atoms in total. The molecule has 0 unspecified atom stereocenters. The molecule has 0 aromatic heterocycles. The van der Waals surface area contributed by atoms with E-state index in [1.54, 1.807) is 0 Å². The van der Waals surface area contributed by atoms with E-state index in [-0.39, 0.29) is 13.5 Å². The topological polar surface area (TPSA) is 20.2 Å². The van der Waals surface area contributed by atoms with Crippen LogP contribution in [0.1, 0.15) is 47.5 Å². The number of aliphatic hydroxyl groups excluding tert-OH is 1. The van der Waals surface area contributed by atoms with Crippen molar-refractivity contribution in [2.45, 2.75) is 53.6 Å². The van der Waals surface area contributed by atoms with Gasteiger partial charge in [-0.1, -0.05) is 34.6 Å². The highest BCUT2D eigenvalue weighted by Crippen LogP contribution is 2.33. The normalized spacial score (nSPS) is 36.2. The molecule has 12 heavy (non-hydrogen) atoms. The standard InChI is InChI=1S/C10H20O.CH4/c1-7(2)9-5-4-8(3)6-10(9)11;/h7-11H,4-6H2,1-3H3;1H4/t8-,9-,10+;/m0./s1. The van der Waals surface area contributed by atoms with Gasteiger partial charge in [-0.2, -0.15) is 0 Å². The molecule has 0 saturated heterocycles. The number of hydrogen-bond donors (Lipinski definition) is 1. The maximum absolute atomic E-state index is 9.71. The van der Waals surface area contributed by atoms with Gasteiger partial charge in [-0.15, -0.1) is 0 Å². The molecule has 1 rings (SSSR count). The van der Waals surface area contributed by atoms with Crippen LogP contribution in [-0.4, -0.2) is 11.2 Å². The highest BCUT2D eigenvalue weighted by atomic mass is 16.3. The van der Waals surface area contributed by atoms with Crippen molar-refractivity contribution in [3.05, 3.63) is 0 Å². The van der Waals surface area contributed by atoms with Gasteiger partial charge in [0.2, 0.25) is 0 Å². The smallest absolute Gasteiger partial charge is 0.0573 e. The average molecular weight is 172 g/mol. The van der Waals surface area contributed by atoms with Crippen LogP contribution in [0.25, 0.3) is 0 Å².